The molecular weight excluding hydrogens is 476 g/mol. The summed E-state index contributed by atoms with van der Waals surface area (Å²) in [5.74, 6) is -0.0738. The molecule has 12 nitrogen and oxygen atoms in total. The molecule has 0 saturated heterocycles. The highest BCUT2D eigenvalue weighted by Gasteiger charge is 2.18. The van der Waals surface area contributed by atoms with Crippen molar-refractivity contribution in [1.82, 2.24) is 9.80 Å². The molecule has 200 valence electrons. The molecule has 2 aromatic rings. The summed E-state index contributed by atoms with van der Waals surface area (Å²) in [5.41, 5.74) is 0. The van der Waals surface area contributed by atoms with E-state index in [1.807, 2.05) is 0 Å². The van der Waals surface area contributed by atoms with Crippen molar-refractivity contribution >= 4 is 24.1 Å². The van der Waals surface area contributed by atoms with Crippen LogP contribution in [0.25, 0.3) is 0 Å². The van der Waals surface area contributed by atoms with Crippen LogP contribution in [0.1, 0.15) is 45.1 Å². The van der Waals surface area contributed by atoms with Gasteiger partial charge in [0.2, 0.25) is 0 Å². The molecule has 0 aromatic carbocycles. The van der Waals surface area contributed by atoms with Gasteiger partial charge in [-0.2, -0.15) is 0 Å². The van der Waals surface area contributed by atoms with Crippen LogP contribution in [-0.2, 0) is 36.9 Å². The number of aliphatic carboxylic acids is 1. The number of carboxylic acids is 1. The Bertz CT molecular complexity index is 896. The minimum Gasteiger partial charge on any atom is -0.481 e. The Labute approximate surface area is 209 Å². The molecule has 0 aliphatic rings. The average Bonchev–Trinajstić information content (AvgIpc) is 3.54. The monoisotopic (exact) mass is 510 g/mol. The predicted molar refractivity (Wildman–Crippen MR) is 126 cm³/mol. The summed E-state index contributed by atoms with van der Waals surface area (Å²) >= 11 is 0. The topological polar surface area (TPSA) is 149 Å². The number of carboxylic acid groups (broad SMARTS) is 1. The fraction of sp³-hybridized carbons (Fsp3) is 0.500. The van der Waals surface area contributed by atoms with E-state index in [1.165, 1.54) is 22.3 Å². The van der Waals surface area contributed by atoms with Gasteiger partial charge in [-0.15, -0.1) is 0 Å². The first-order valence-corrected chi connectivity index (χ1v) is 11.6. The molecule has 0 aliphatic carbocycles. The minimum atomic E-state index is -0.959. The highest BCUT2D eigenvalue weighted by molar-refractivity contribution is 5.72. The summed E-state index contributed by atoms with van der Waals surface area (Å²) in [6, 6.07) is 6.92. The number of ether oxygens (including phenoxy) is 3. The van der Waals surface area contributed by atoms with Crippen molar-refractivity contribution in [3.05, 3.63) is 48.3 Å². The smallest absolute Gasteiger partial charge is 0.410 e. The third-order valence-electron chi connectivity index (χ3n) is 4.39. The quantitative estimate of drug-likeness (QED) is 0.310. The molecule has 2 aromatic heterocycles. The molecular formula is C24H34N2O10. The van der Waals surface area contributed by atoms with Gasteiger partial charge in [0.15, 0.2) is 0 Å². The van der Waals surface area contributed by atoms with Crippen molar-refractivity contribution < 1.29 is 47.3 Å². The Morgan fingerprint density at radius 1 is 0.750 bits per heavy atom. The van der Waals surface area contributed by atoms with Crippen LogP contribution in [0, 0.1) is 0 Å². The highest BCUT2D eigenvalue weighted by Crippen LogP contribution is 2.09. The molecule has 0 unspecified atom stereocenters. The van der Waals surface area contributed by atoms with E-state index >= 15 is 0 Å². The molecule has 0 bridgehead atoms. The summed E-state index contributed by atoms with van der Waals surface area (Å²) in [6.45, 7) is 6.83. The molecule has 1 N–H and O–H groups in total. The van der Waals surface area contributed by atoms with Crippen LogP contribution in [0.2, 0.25) is 0 Å². The Kier molecular flexibility index (Phi) is 14.6. The standard InChI is InChI=1S/C13H19NO5.C11H15NO5/c1-3-17-12(15)7-8-14(13(16)18-4-2)10-11-6-5-9-19-11;1-2-16-11(15)12(6-5-10(13)14)8-9-4-3-7-17-9/h5-6,9H,3-4,7-8,10H2,1-2H3;3-4,7H,2,5-6,8H2,1H3,(H,13,14). The lowest BCUT2D eigenvalue weighted by molar-refractivity contribution is -0.143. The number of esters is 1. The zero-order valence-corrected chi connectivity index (χ0v) is 20.8. The van der Waals surface area contributed by atoms with Crippen LogP contribution < -0.4 is 0 Å². The first-order chi connectivity index (χ1) is 17.3. The summed E-state index contributed by atoms with van der Waals surface area (Å²) in [7, 11) is 0. The van der Waals surface area contributed by atoms with E-state index in [-0.39, 0.29) is 58.2 Å². The molecule has 0 fully saturated rings. The van der Waals surface area contributed by atoms with Crippen molar-refractivity contribution in [2.75, 3.05) is 32.9 Å². The number of carbonyl (C=O) groups is 4. The van der Waals surface area contributed by atoms with E-state index in [1.54, 1.807) is 45.0 Å². The van der Waals surface area contributed by atoms with Crippen molar-refractivity contribution in [3.63, 3.8) is 0 Å². The van der Waals surface area contributed by atoms with E-state index in [0.717, 1.165) is 0 Å². The Hall–Kier alpha value is -3.96. The van der Waals surface area contributed by atoms with Crippen LogP contribution in [0.3, 0.4) is 0 Å². The second-order valence-corrected chi connectivity index (χ2v) is 7.10. The third-order valence-corrected chi connectivity index (χ3v) is 4.39. The summed E-state index contributed by atoms with van der Waals surface area (Å²) in [5, 5.41) is 8.60. The lowest BCUT2D eigenvalue weighted by atomic mass is 10.3. The average molecular weight is 511 g/mol. The molecule has 0 radical (unpaired) electrons. The van der Waals surface area contributed by atoms with Gasteiger partial charge in [0.05, 0.1) is 58.3 Å². The summed E-state index contributed by atoms with van der Waals surface area (Å²) in [4.78, 5) is 47.8. The molecule has 0 spiro atoms. The van der Waals surface area contributed by atoms with Gasteiger partial charge in [-0.1, -0.05) is 0 Å². The molecule has 0 atom stereocenters. The van der Waals surface area contributed by atoms with Crippen molar-refractivity contribution in [2.24, 2.45) is 0 Å². The number of amides is 2. The van der Waals surface area contributed by atoms with E-state index < -0.39 is 18.2 Å². The minimum absolute atomic E-state index is 0.0921. The fourth-order valence-electron chi connectivity index (χ4n) is 2.77. The van der Waals surface area contributed by atoms with Crippen LogP contribution in [0.5, 0.6) is 0 Å². The second kappa shape index (κ2) is 17.5. The largest absolute Gasteiger partial charge is 0.481 e. The van der Waals surface area contributed by atoms with Gasteiger partial charge in [0.1, 0.15) is 11.5 Å². The summed E-state index contributed by atoms with van der Waals surface area (Å²) < 4.78 is 24.9. The zero-order chi connectivity index (χ0) is 26.8. The first-order valence-electron chi connectivity index (χ1n) is 11.6. The molecule has 2 amide bonds. The molecule has 0 aliphatic heterocycles. The summed E-state index contributed by atoms with van der Waals surface area (Å²) in [6.07, 6.45) is 2.03. The Morgan fingerprint density at radius 2 is 1.19 bits per heavy atom. The van der Waals surface area contributed by atoms with Crippen molar-refractivity contribution in [2.45, 2.75) is 46.7 Å². The fourth-order valence-corrected chi connectivity index (χ4v) is 2.77. The van der Waals surface area contributed by atoms with E-state index in [0.29, 0.717) is 18.1 Å². The second-order valence-electron chi connectivity index (χ2n) is 7.10. The number of nitrogens with zero attached hydrogens (tertiary/aromatic N) is 2. The van der Waals surface area contributed by atoms with Gasteiger partial charge >= 0.3 is 24.1 Å². The van der Waals surface area contributed by atoms with Crippen molar-refractivity contribution in [1.29, 1.82) is 0 Å². The maximum atomic E-state index is 11.7. The van der Waals surface area contributed by atoms with E-state index in [2.05, 4.69) is 0 Å². The van der Waals surface area contributed by atoms with Gasteiger partial charge in [-0.25, -0.2) is 9.59 Å². The number of hydrogen-bond acceptors (Lipinski definition) is 9. The molecule has 2 rings (SSSR count). The van der Waals surface area contributed by atoms with Crippen LogP contribution in [0.15, 0.2) is 45.6 Å². The molecule has 12 heteroatoms. The van der Waals surface area contributed by atoms with Crippen molar-refractivity contribution in [3.8, 4) is 0 Å². The number of hydrogen-bond donors (Lipinski definition) is 1. The van der Waals surface area contributed by atoms with Gasteiger partial charge in [0.25, 0.3) is 0 Å². The normalized spacial score (nSPS) is 9.97. The maximum absolute atomic E-state index is 11.7. The lowest BCUT2D eigenvalue weighted by Gasteiger charge is -2.20. The first kappa shape index (κ1) is 30.1. The van der Waals surface area contributed by atoms with Crippen LogP contribution in [-0.4, -0.2) is 71.9 Å². The van der Waals surface area contributed by atoms with Gasteiger partial charge < -0.3 is 38.0 Å². The number of rotatable bonds is 13. The molecule has 0 saturated carbocycles. The van der Waals surface area contributed by atoms with E-state index in [9.17, 15) is 19.2 Å². The zero-order valence-electron chi connectivity index (χ0n) is 20.8. The van der Waals surface area contributed by atoms with Gasteiger partial charge in [-0.05, 0) is 45.0 Å². The van der Waals surface area contributed by atoms with Gasteiger partial charge in [0, 0.05) is 13.1 Å². The number of furan rings is 2. The third kappa shape index (κ3) is 12.5. The SMILES string of the molecule is CCOC(=O)CCN(Cc1ccco1)C(=O)OCC.CCOC(=O)N(CCC(=O)O)Cc1ccco1. The lowest BCUT2D eigenvalue weighted by Crippen LogP contribution is -2.33. The van der Waals surface area contributed by atoms with E-state index in [4.69, 9.17) is 28.2 Å². The van der Waals surface area contributed by atoms with Gasteiger partial charge in [-0.3, -0.25) is 9.59 Å². The maximum Gasteiger partial charge on any atom is 0.410 e. The Balaban J connectivity index is 0.000000362. The van der Waals surface area contributed by atoms with Crippen LogP contribution >= 0.6 is 0 Å². The Morgan fingerprint density at radius 3 is 1.56 bits per heavy atom. The highest BCUT2D eigenvalue weighted by atomic mass is 16.6. The number of carbonyl (C=O) groups excluding carboxylic acids is 3. The van der Waals surface area contributed by atoms with Crippen LogP contribution in [0.4, 0.5) is 9.59 Å². The molecule has 36 heavy (non-hydrogen) atoms. The molecule has 2 heterocycles. The predicted octanol–water partition coefficient (Wildman–Crippen LogP) is 3.90.